The van der Waals surface area contributed by atoms with E-state index in [-0.39, 0.29) is 23.5 Å². The van der Waals surface area contributed by atoms with E-state index in [1.807, 2.05) is 4.90 Å². The van der Waals surface area contributed by atoms with Crippen molar-refractivity contribution in [3.8, 4) is 5.75 Å². The average Bonchev–Trinajstić information content (AvgIpc) is 2.59. The minimum atomic E-state index is -0.457. The van der Waals surface area contributed by atoms with Crippen LogP contribution in [-0.2, 0) is 14.1 Å². The van der Waals surface area contributed by atoms with Crippen molar-refractivity contribution in [2.24, 2.45) is 14.1 Å². The predicted octanol–water partition coefficient (Wildman–Crippen LogP) is 0.666. The van der Waals surface area contributed by atoms with Crippen LogP contribution in [0.1, 0.15) is 12.8 Å². The van der Waals surface area contributed by atoms with Gasteiger partial charge in [0.05, 0.1) is 0 Å². The molecule has 0 radical (unpaired) electrons. The van der Waals surface area contributed by atoms with Gasteiger partial charge in [-0.2, -0.15) is 0 Å². The normalized spacial score (nSPS) is 15.5. The van der Waals surface area contributed by atoms with Crippen molar-refractivity contribution in [2.75, 3.05) is 18.0 Å². The van der Waals surface area contributed by atoms with Gasteiger partial charge in [0, 0.05) is 40.0 Å². The third kappa shape index (κ3) is 3.04. The summed E-state index contributed by atoms with van der Waals surface area (Å²) in [5.41, 5.74) is -0.868. The number of halogens is 1. The summed E-state index contributed by atoms with van der Waals surface area (Å²) >= 11 is 0. The highest BCUT2D eigenvalue weighted by molar-refractivity contribution is 5.35. The van der Waals surface area contributed by atoms with E-state index in [1.165, 1.54) is 20.2 Å². The van der Waals surface area contributed by atoms with Gasteiger partial charge in [0.1, 0.15) is 6.10 Å². The third-order valence-corrected chi connectivity index (χ3v) is 4.18. The minimum Gasteiger partial charge on any atom is -0.487 e. The van der Waals surface area contributed by atoms with Crippen LogP contribution >= 0.6 is 0 Å². The van der Waals surface area contributed by atoms with Crippen LogP contribution in [0.25, 0.3) is 0 Å². The number of rotatable bonds is 3. The Kier molecular flexibility index (Phi) is 4.37. The van der Waals surface area contributed by atoms with Crippen LogP contribution in [0, 0.1) is 5.82 Å². The number of para-hydroxylation sites is 1. The van der Waals surface area contributed by atoms with Gasteiger partial charge in [-0.3, -0.25) is 9.36 Å². The molecule has 1 aromatic heterocycles. The highest BCUT2D eigenvalue weighted by Crippen LogP contribution is 2.22. The van der Waals surface area contributed by atoms with Crippen LogP contribution < -0.4 is 20.9 Å². The first-order valence-electron chi connectivity index (χ1n) is 7.78. The molecule has 1 aliphatic heterocycles. The largest absolute Gasteiger partial charge is 0.487 e. The maximum atomic E-state index is 13.6. The highest BCUT2D eigenvalue weighted by Gasteiger charge is 2.25. The monoisotopic (exact) mass is 334 g/mol. The van der Waals surface area contributed by atoms with E-state index < -0.39 is 11.2 Å². The summed E-state index contributed by atoms with van der Waals surface area (Å²) in [6.45, 7) is 1.11. The van der Waals surface area contributed by atoms with Gasteiger partial charge < -0.3 is 9.64 Å². The third-order valence-electron chi connectivity index (χ3n) is 4.18. The fraction of sp³-hybridized carbons (Fsp3) is 0.438. The Labute approximate surface area is 137 Å². The van der Waals surface area contributed by atoms with E-state index >= 15 is 0 Å². The van der Waals surface area contributed by atoms with Gasteiger partial charge in [-0.25, -0.2) is 13.9 Å². The maximum absolute atomic E-state index is 13.6. The summed E-state index contributed by atoms with van der Waals surface area (Å²) in [6.07, 6.45) is 1.17. The van der Waals surface area contributed by atoms with Gasteiger partial charge in [0.25, 0.3) is 5.56 Å². The smallest absolute Gasteiger partial charge is 0.346 e. The van der Waals surface area contributed by atoms with Gasteiger partial charge in [0.15, 0.2) is 11.6 Å². The molecule has 8 heteroatoms. The number of piperidine rings is 1. The Bertz CT molecular complexity index is 853. The molecule has 2 aromatic rings. The van der Waals surface area contributed by atoms with E-state index in [0.29, 0.717) is 25.9 Å². The maximum Gasteiger partial charge on any atom is 0.346 e. The number of hydrogen-bond donors (Lipinski definition) is 0. The van der Waals surface area contributed by atoms with E-state index in [2.05, 4.69) is 5.10 Å². The number of hydrogen-bond acceptors (Lipinski definition) is 5. The molecule has 3 rings (SSSR count). The molecular formula is C16H19FN4O3. The van der Waals surface area contributed by atoms with Crippen LogP contribution in [-0.4, -0.2) is 33.5 Å². The molecule has 1 aromatic carbocycles. The lowest BCUT2D eigenvalue weighted by atomic mass is 10.1. The molecule has 0 amide bonds. The summed E-state index contributed by atoms with van der Waals surface area (Å²) in [5.74, 6) is 0.115. The van der Waals surface area contributed by atoms with Crippen molar-refractivity contribution in [1.29, 1.82) is 0 Å². The van der Waals surface area contributed by atoms with Gasteiger partial charge in [-0.15, -0.1) is 5.10 Å². The lowest BCUT2D eigenvalue weighted by molar-refractivity contribution is 0.163. The van der Waals surface area contributed by atoms with E-state index in [1.54, 1.807) is 18.2 Å². The number of anilines is 1. The predicted molar refractivity (Wildman–Crippen MR) is 87.0 cm³/mol. The molecule has 0 aliphatic carbocycles. The molecule has 0 atom stereocenters. The first-order valence-corrected chi connectivity index (χ1v) is 7.78. The molecule has 1 aliphatic rings. The van der Waals surface area contributed by atoms with E-state index in [9.17, 15) is 14.0 Å². The van der Waals surface area contributed by atoms with Crippen LogP contribution in [0.3, 0.4) is 0 Å². The number of aromatic nitrogens is 3. The van der Waals surface area contributed by atoms with Crippen molar-refractivity contribution in [1.82, 2.24) is 14.3 Å². The van der Waals surface area contributed by atoms with Gasteiger partial charge in [-0.05, 0) is 12.1 Å². The van der Waals surface area contributed by atoms with Crippen LogP contribution in [0.4, 0.5) is 10.2 Å². The first-order chi connectivity index (χ1) is 11.5. The van der Waals surface area contributed by atoms with Crippen molar-refractivity contribution in [3.05, 3.63) is 50.9 Å². The molecule has 0 N–H and O–H groups in total. The lowest BCUT2D eigenvalue weighted by Gasteiger charge is -2.32. The fourth-order valence-corrected chi connectivity index (χ4v) is 2.79. The second kappa shape index (κ2) is 6.46. The minimum absolute atomic E-state index is 0.116. The van der Waals surface area contributed by atoms with Crippen molar-refractivity contribution < 1.29 is 9.13 Å². The van der Waals surface area contributed by atoms with Crippen molar-refractivity contribution >= 4 is 5.82 Å². The van der Waals surface area contributed by atoms with E-state index in [0.717, 1.165) is 9.25 Å². The second-order valence-electron chi connectivity index (χ2n) is 5.83. The molecule has 128 valence electrons. The molecule has 24 heavy (non-hydrogen) atoms. The number of nitrogens with zero attached hydrogens (tertiary/aromatic N) is 4. The molecule has 0 unspecified atom stereocenters. The van der Waals surface area contributed by atoms with Gasteiger partial charge in [-0.1, -0.05) is 12.1 Å². The molecule has 1 saturated heterocycles. The molecule has 0 saturated carbocycles. The lowest BCUT2D eigenvalue weighted by Crippen LogP contribution is -2.46. The summed E-state index contributed by atoms with van der Waals surface area (Å²) in [6, 6.07) is 6.31. The molecule has 2 heterocycles. The highest BCUT2D eigenvalue weighted by atomic mass is 19.1. The van der Waals surface area contributed by atoms with Gasteiger partial charge in [0.2, 0.25) is 5.82 Å². The van der Waals surface area contributed by atoms with Crippen molar-refractivity contribution in [3.63, 3.8) is 0 Å². The SMILES string of the molecule is Cn1nc(N2CCC(Oc3ccccc3F)CC2)c(=O)n(C)c1=O. The molecular weight excluding hydrogens is 315 g/mol. The van der Waals surface area contributed by atoms with Crippen LogP contribution in [0.15, 0.2) is 33.9 Å². The summed E-state index contributed by atoms with van der Waals surface area (Å²) in [7, 11) is 2.95. The zero-order chi connectivity index (χ0) is 17.3. The Balaban J connectivity index is 1.71. The fourth-order valence-electron chi connectivity index (χ4n) is 2.79. The summed E-state index contributed by atoms with van der Waals surface area (Å²) in [5, 5.41) is 4.08. The topological polar surface area (TPSA) is 69.4 Å². The zero-order valence-corrected chi connectivity index (χ0v) is 13.6. The molecule has 0 bridgehead atoms. The number of aryl methyl sites for hydroxylation is 1. The number of benzene rings is 1. The number of ether oxygens (including phenoxy) is 1. The van der Waals surface area contributed by atoms with Crippen molar-refractivity contribution in [2.45, 2.75) is 18.9 Å². The Morgan fingerprint density at radius 1 is 1.17 bits per heavy atom. The Morgan fingerprint density at radius 3 is 2.50 bits per heavy atom. The summed E-state index contributed by atoms with van der Waals surface area (Å²) < 4.78 is 21.5. The van der Waals surface area contributed by atoms with Gasteiger partial charge >= 0.3 is 5.69 Å². The van der Waals surface area contributed by atoms with Crippen LogP contribution in [0.2, 0.25) is 0 Å². The average molecular weight is 334 g/mol. The summed E-state index contributed by atoms with van der Waals surface area (Å²) in [4.78, 5) is 25.8. The zero-order valence-electron chi connectivity index (χ0n) is 13.6. The first kappa shape index (κ1) is 16.2. The standard InChI is InChI=1S/C16H19FN4O3/c1-19-15(22)14(18-20(2)16(19)23)21-9-7-11(8-10-21)24-13-6-4-3-5-12(13)17/h3-6,11H,7-10H2,1-2H3. The Hall–Kier alpha value is -2.64. The molecule has 0 spiro atoms. The quantitative estimate of drug-likeness (QED) is 0.825. The second-order valence-corrected chi connectivity index (χ2v) is 5.83. The van der Waals surface area contributed by atoms with Crippen LogP contribution in [0.5, 0.6) is 5.75 Å². The molecule has 1 fully saturated rings. The van der Waals surface area contributed by atoms with E-state index in [4.69, 9.17) is 4.74 Å². The Morgan fingerprint density at radius 2 is 1.83 bits per heavy atom. The molecule has 7 nitrogen and oxygen atoms in total.